The number of hydrogen-bond donors (Lipinski definition) is 1. The molecule has 1 aliphatic rings. The van der Waals surface area contributed by atoms with Crippen LogP contribution in [0.2, 0.25) is 5.15 Å². The number of methoxy groups -OCH3 is 1. The predicted octanol–water partition coefficient (Wildman–Crippen LogP) is 1.81. The molecular formula is C14H16ClN3O3. The zero-order valence-corrected chi connectivity index (χ0v) is 13.0. The highest BCUT2D eigenvalue weighted by Crippen LogP contribution is 2.25. The van der Waals surface area contributed by atoms with E-state index in [0.717, 1.165) is 0 Å². The van der Waals surface area contributed by atoms with Gasteiger partial charge in [-0.15, -0.1) is 0 Å². The predicted molar refractivity (Wildman–Crippen MR) is 78.5 cm³/mol. The second kappa shape index (κ2) is 5.44. The third kappa shape index (κ3) is 2.63. The van der Waals surface area contributed by atoms with E-state index in [1.54, 1.807) is 6.92 Å². The quantitative estimate of drug-likeness (QED) is 0.680. The number of aromatic nitrogens is 1. The highest BCUT2D eigenvalue weighted by atomic mass is 35.5. The Kier molecular flexibility index (Phi) is 4.00. The van der Waals surface area contributed by atoms with Gasteiger partial charge in [0.2, 0.25) is 0 Å². The number of rotatable bonds is 3. The third-order valence-electron chi connectivity index (χ3n) is 3.68. The molecule has 0 saturated carbocycles. The number of esters is 1. The molecule has 0 aromatic carbocycles. The van der Waals surface area contributed by atoms with Gasteiger partial charge in [0, 0.05) is 0 Å². The van der Waals surface area contributed by atoms with Crippen molar-refractivity contribution >= 4 is 29.3 Å². The van der Waals surface area contributed by atoms with E-state index in [-0.39, 0.29) is 34.1 Å². The summed E-state index contributed by atoms with van der Waals surface area (Å²) in [6.45, 7) is 5.59. The van der Waals surface area contributed by atoms with Crippen molar-refractivity contribution in [3.8, 4) is 0 Å². The maximum atomic E-state index is 12.1. The van der Waals surface area contributed by atoms with E-state index in [1.807, 2.05) is 13.8 Å². The van der Waals surface area contributed by atoms with Gasteiger partial charge in [0.25, 0.3) is 5.91 Å². The van der Waals surface area contributed by atoms with E-state index in [2.05, 4.69) is 15.3 Å². The number of aliphatic imine (C=N–C) groups is 1. The molecule has 0 saturated heterocycles. The standard InChI is InChI=1S/C14H16ClN3O3/c1-7(2)14(3)13(20)17-11(18-14)10-8(12(19)21-4)5-6-9(15)16-10/h5-7H,1-4H3,(H,17,18,20). The molecule has 112 valence electrons. The second-order valence-electron chi connectivity index (χ2n) is 5.27. The number of amides is 1. The van der Waals surface area contributed by atoms with Gasteiger partial charge in [0.15, 0.2) is 5.84 Å². The molecule has 2 heterocycles. The summed E-state index contributed by atoms with van der Waals surface area (Å²) in [5.41, 5.74) is -0.409. The fraction of sp³-hybridized carbons (Fsp3) is 0.429. The van der Waals surface area contributed by atoms with Gasteiger partial charge in [-0.05, 0) is 25.0 Å². The van der Waals surface area contributed by atoms with Crippen molar-refractivity contribution in [3.05, 3.63) is 28.5 Å². The van der Waals surface area contributed by atoms with Crippen LogP contribution in [0.3, 0.4) is 0 Å². The van der Waals surface area contributed by atoms with E-state index in [4.69, 9.17) is 16.3 Å². The highest BCUT2D eigenvalue weighted by molar-refractivity contribution is 6.30. The zero-order valence-electron chi connectivity index (χ0n) is 12.2. The van der Waals surface area contributed by atoms with Crippen LogP contribution in [0.15, 0.2) is 17.1 Å². The van der Waals surface area contributed by atoms with Crippen molar-refractivity contribution in [2.24, 2.45) is 10.9 Å². The molecule has 1 aromatic rings. The van der Waals surface area contributed by atoms with Gasteiger partial charge in [-0.1, -0.05) is 25.4 Å². The minimum Gasteiger partial charge on any atom is -0.465 e. The maximum Gasteiger partial charge on any atom is 0.340 e. The van der Waals surface area contributed by atoms with Gasteiger partial charge in [0.1, 0.15) is 16.4 Å². The molecule has 0 spiro atoms. The molecule has 6 nitrogen and oxygen atoms in total. The largest absolute Gasteiger partial charge is 0.465 e. The molecule has 7 heteroatoms. The number of carbonyl (C=O) groups excluding carboxylic acids is 2. The fourth-order valence-corrected chi connectivity index (χ4v) is 2.09. The Morgan fingerprint density at radius 2 is 2.10 bits per heavy atom. The van der Waals surface area contributed by atoms with Gasteiger partial charge in [-0.3, -0.25) is 4.79 Å². The van der Waals surface area contributed by atoms with Gasteiger partial charge >= 0.3 is 5.97 Å². The lowest BCUT2D eigenvalue weighted by Crippen LogP contribution is -2.50. The van der Waals surface area contributed by atoms with Crippen LogP contribution in [0.5, 0.6) is 0 Å². The van der Waals surface area contributed by atoms with Crippen LogP contribution in [-0.2, 0) is 9.53 Å². The Hall–Kier alpha value is -1.95. The van der Waals surface area contributed by atoms with Crippen molar-refractivity contribution in [2.45, 2.75) is 26.3 Å². The summed E-state index contributed by atoms with van der Waals surface area (Å²) < 4.78 is 4.71. The first-order valence-electron chi connectivity index (χ1n) is 6.46. The monoisotopic (exact) mass is 309 g/mol. The van der Waals surface area contributed by atoms with Crippen LogP contribution in [0.4, 0.5) is 0 Å². The lowest BCUT2D eigenvalue weighted by Gasteiger charge is -2.27. The summed E-state index contributed by atoms with van der Waals surface area (Å²) in [6, 6.07) is 2.98. The minimum absolute atomic E-state index is 0.0204. The molecule has 1 amide bonds. The number of pyridine rings is 1. The number of amidine groups is 1. The zero-order chi connectivity index (χ0) is 15.8. The molecular weight excluding hydrogens is 294 g/mol. The Balaban J connectivity index is 2.49. The Morgan fingerprint density at radius 1 is 1.43 bits per heavy atom. The van der Waals surface area contributed by atoms with Crippen LogP contribution in [0.25, 0.3) is 0 Å². The Morgan fingerprint density at radius 3 is 2.62 bits per heavy atom. The fourth-order valence-electron chi connectivity index (χ4n) is 1.94. The number of hydrogen-bond acceptors (Lipinski definition) is 5. The normalized spacial score (nSPS) is 21.2. The summed E-state index contributed by atoms with van der Waals surface area (Å²) in [5, 5.41) is 3.25. The SMILES string of the molecule is COC(=O)c1ccc(Cl)nc1C1=NC(=O)C(C)(C(C)C)N1. The van der Waals surface area contributed by atoms with Crippen LogP contribution in [-0.4, -0.2) is 35.3 Å². The van der Waals surface area contributed by atoms with Crippen LogP contribution < -0.4 is 5.32 Å². The van der Waals surface area contributed by atoms with Crippen molar-refractivity contribution in [1.82, 2.24) is 10.3 Å². The topological polar surface area (TPSA) is 80.7 Å². The molecule has 1 aliphatic heterocycles. The van der Waals surface area contributed by atoms with Gasteiger partial charge in [-0.25, -0.2) is 9.78 Å². The third-order valence-corrected chi connectivity index (χ3v) is 3.89. The van der Waals surface area contributed by atoms with Crippen LogP contribution in [0, 0.1) is 5.92 Å². The smallest absolute Gasteiger partial charge is 0.340 e. The van der Waals surface area contributed by atoms with Crippen molar-refractivity contribution < 1.29 is 14.3 Å². The van der Waals surface area contributed by atoms with Crippen molar-refractivity contribution in [1.29, 1.82) is 0 Å². The van der Waals surface area contributed by atoms with E-state index in [9.17, 15) is 9.59 Å². The molecule has 0 aliphatic carbocycles. The summed E-state index contributed by atoms with van der Waals surface area (Å²) in [7, 11) is 1.27. The lowest BCUT2D eigenvalue weighted by atomic mass is 9.88. The summed E-state index contributed by atoms with van der Waals surface area (Å²) >= 11 is 5.88. The highest BCUT2D eigenvalue weighted by Gasteiger charge is 2.43. The molecule has 0 bridgehead atoms. The van der Waals surface area contributed by atoms with Crippen LogP contribution >= 0.6 is 11.6 Å². The molecule has 1 N–H and O–H groups in total. The van der Waals surface area contributed by atoms with Gasteiger partial charge in [-0.2, -0.15) is 4.99 Å². The molecule has 0 radical (unpaired) electrons. The summed E-state index contributed by atoms with van der Waals surface area (Å²) in [5.74, 6) is -0.611. The molecule has 2 rings (SSSR count). The number of carbonyl (C=O) groups is 2. The minimum atomic E-state index is -0.827. The molecule has 1 aromatic heterocycles. The van der Waals surface area contributed by atoms with E-state index < -0.39 is 11.5 Å². The molecule has 21 heavy (non-hydrogen) atoms. The van der Waals surface area contributed by atoms with Gasteiger partial charge in [0.05, 0.1) is 12.7 Å². The number of nitrogens with one attached hydrogen (secondary N) is 1. The number of nitrogens with zero attached hydrogens (tertiary/aromatic N) is 2. The maximum absolute atomic E-state index is 12.1. The van der Waals surface area contributed by atoms with Gasteiger partial charge < -0.3 is 10.1 Å². The average molecular weight is 310 g/mol. The number of halogens is 1. The first-order chi connectivity index (χ1) is 9.79. The Bertz CT molecular complexity index is 642. The first-order valence-corrected chi connectivity index (χ1v) is 6.84. The lowest BCUT2D eigenvalue weighted by molar-refractivity contribution is -0.123. The Labute approximate surface area is 127 Å². The summed E-state index contributed by atoms with van der Waals surface area (Å²) in [4.78, 5) is 32.0. The number of ether oxygens (including phenoxy) is 1. The van der Waals surface area contributed by atoms with E-state index >= 15 is 0 Å². The van der Waals surface area contributed by atoms with Crippen molar-refractivity contribution in [3.63, 3.8) is 0 Å². The van der Waals surface area contributed by atoms with Crippen molar-refractivity contribution in [2.75, 3.05) is 7.11 Å². The molecule has 1 unspecified atom stereocenters. The van der Waals surface area contributed by atoms with E-state index in [1.165, 1.54) is 19.2 Å². The summed E-state index contributed by atoms with van der Waals surface area (Å²) in [6.07, 6.45) is 0. The average Bonchev–Trinajstić information content (AvgIpc) is 2.75. The van der Waals surface area contributed by atoms with Crippen LogP contribution in [0.1, 0.15) is 36.8 Å². The second-order valence-corrected chi connectivity index (χ2v) is 5.66. The molecule has 0 fully saturated rings. The first kappa shape index (κ1) is 15.4. The molecule has 1 atom stereocenters. The van der Waals surface area contributed by atoms with E-state index in [0.29, 0.717) is 0 Å².